The van der Waals surface area contributed by atoms with Gasteiger partial charge in [-0.3, -0.25) is 15.5 Å². The van der Waals surface area contributed by atoms with Crippen LogP contribution >= 0.6 is 23.2 Å². The van der Waals surface area contributed by atoms with Crippen molar-refractivity contribution in [2.24, 2.45) is 5.10 Å². The summed E-state index contributed by atoms with van der Waals surface area (Å²) in [5.74, 6) is 0.880. The van der Waals surface area contributed by atoms with E-state index in [1.54, 1.807) is 30.3 Å². The van der Waals surface area contributed by atoms with Gasteiger partial charge in [0.25, 0.3) is 5.69 Å². The van der Waals surface area contributed by atoms with Crippen molar-refractivity contribution in [1.82, 2.24) is 0 Å². The topological polar surface area (TPSA) is 80.7 Å². The van der Waals surface area contributed by atoms with Crippen molar-refractivity contribution in [3.05, 3.63) is 80.5 Å². The van der Waals surface area contributed by atoms with E-state index in [0.29, 0.717) is 27.1 Å². The Hall–Kier alpha value is -2.83. The molecule has 0 radical (unpaired) electrons. The quantitative estimate of drug-likeness (QED) is 0.357. The minimum absolute atomic E-state index is 0.0614. The van der Waals surface area contributed by atoms with Crippen LogP contribution in [-0.4, -0.2) is 11.1 Å². The zero-order valence-electron chi connectivity index (χ0n) is 12.6. The van der Waals surface area contributed by atoms with Gasteiger partial charge in [0.15, 0.2) is 0 Å². The highest BCUT2D eigenvalue weighted by molar-refractivity contribution is 6.33. The van der Waals surface area contributed by atoms with Crippen LogP contribution in [-0.2, 0) is 0 Å². The normalized spacial score (nSPS) is 11.0. The lowest BCUT2D eigenvalue weighted by molar-refractivity contribution is -0.384. The summed E-state index contributed by atoms with van der Waals surface area (Å²) in [6.07, 6.45) is 1.48. The molecular weight excluding hydrogens is 365 g/mol. The van der Waals surface area contributed by atoms with Crippen molar-refractivity contribution in [3.8, 4) is 11.3 Å². The molecule has 2 aromatic carbocycles. The van der Waals surface area contributed by atoms with Crippen LogP contribution in [0.5, 0.6) is 0 Å². The molecule has 1 aromatic heterocycles. The molecule has 8 heteroatoms. The molecule has 0 saturated carbocycles. The molecule has 0 aliphatic carbocycles. The minimum atomic E-state index is -0.486. The number of nitro groups is 1. The summed E-state index contributed by atoms with van der Waals surface area (Å²) < 4.78 is 5.62. The molecule has 0 atom stereocenters. The fourth-order valence-corrected chi connectivity index (χ4v) is 2.51. The molecule has 0 aliphatic rings. The summed E-state index contributed by atoms with van der Waals surface area (Å²) in [6.45, 7) is 0. The molecular formula is C17H11Cl2N3O3. The van der Waals surface area contributed by atoms with E-state index >= 15 is 0 Å². The summed E-state index contributed by atoms with van der Waals surface area (Å²) in [5, 5.41) is 15.9. The van der Waals surface area contributed by atoms with Crippen LogP contribution in [0.25, 0.3) is 11.3 Å². The minimum Gasteiger partial charge on any atom is -0.455 e. The van der Waals surface area contributed by atoms with Gasteiger partial charge in [0.2, 0.25) is 0 Å². The van der Waals surface area contributed by atoms with Gasteiger partial charge in [-0.25, -0.2) is 0 Å². The standard InChI is InChI=1S/C17H11Cl2N3O3/c18-11-2-1-3-12(8-11)21-20-10-14-5-7-17(25-14)15-9-13(22(23)24)4-6-16(15)19/h1-10,21H/b20-10-. The molecule has 0 amide bonds. The second-order valence-corrected chi connectivity index (χ2v) is 5.85. The molecule has 0 unspecified atom stereocenters. The number of benzene rings is 2. The number of nitrogens with one attached hydrogen (secondary N) is 1. The number of nitro benzene ring substituents is 1. The van der Waals surface area contributed by atoms with Crippen LogP contribution in [0.3, 0.4) is 0 Å². The summed E-state index contributed by atoms with van der Waals surface area (Å²) in [6, 6.07) is 14.6. The van der Waals surface area contributed by atoms with Crippen LogP contribution in [0.4, 0.5) is 11.4 Å². The highest BCUT2D eigenvalue weighted by atomic mass is 35.5. The molecule has 3 rings (SSSR count). The number of furan rings is 1. The van der Waals surface area contributed by atoms with E-state index in [-0.39, 0.29) is 5.69 Å². The van der Waals surface area contributed by atoms with Gasteiger partial charge in [0, 0.05) is 22.7 Å². The van der Waals surface area contributed by atoms with Crippen LogP contribution in [0, 0.1) is 10.1 Å². The lowest BCUT2D eigenvalue weighted by atomic mass is 10.1. The van der Waals surface area contributed by atoms with Crippen molar-refractivity contribution in [1.29, 1.82) is 0 Å². The van der Waals surface area contributed by atoms with Gasteiger partial charge in [-0.15, -0.1) is 0 Å². The fraction of sp³-hybridized carbons (Fsp3) is 0. The molecule has 0 fully saturated rings. The van der Waals surface area contributed by atoms with E-state index in [1.807, 2.05) is 6.07 Å². The highest BCUT2D eigenvalue weighted by Crippen LogP contribution is 2.32. The second-order valence-electron chi connectivity index (χ2n) is 5.00. The van der Waals surface area contributed by atoms with Gasteiger partial charge in [-0.05, 0) is 36.4 Å². The Labute approximate surface area is 152 Å². The zero-order valence-corrected chi connectivity index (χ0v) is 14.2. The largest absolute Gasteiger partial charge is 0.455 e. The summed E-state index contributed by atoms with van der Waals surface area (Å²) in [4.78, 5) is 10.4. The average molecular weight is 376 g/mol. The van der Waals surface area contributed by atoms with Gasteiger partial charge < -0.3 is 4.42 Å². The Bertz CT molecular complexity index is 954. The van der Waals surface area contributed by atoms with Gasteiger partial charge in [-0.2, -0.15) is 5.10 Å². The number of rotatable bonds is 5. The van der Waals surface area contributed by atoms with E-state index in [4.69, 9.17) is 27.6 Å². The Kier molecular flexibility index (Phi) is 5.02. The van der Waals surface area contributed by atoms with Gasteiger partial charge in [0.1, 0.15) is 11.5 Å². The number of anilines is 1. The van der Waals surface area contributed by atoms with Crippen LogP contribution in [0.1, 0.15) is 5.76 Å². The first-order valence-corrected chi connectivity index (χ1v) is 7.87. The van der Waals surface area contributed by atoms with Gasteiger partial charge in [0.05, 0.1) is 21.8 Å². The maximum absolute atomic E-state index is 10.9. The van der Waals surface area contributed by atoms with Gasteiger partial charge in [-0.1, -0.05) is 29.3 Å². The maximum atomic E-state index is 10.9. The highest BCUT2D eigenvalue weighted by Gasteiger charge is 2.14. The van der Waals surface area contributed by atoms with Crippen LogP contribution < -0.4 is 5.43 Å². The first-order chi connectivity index (χ1) is 12.0. The summed E-state index contributed by atoms with van der Waals surface area (Å²) >= 11 is 12.0. The molecule has 126 valence electrons. The molecule has 1 N–H and O–H groups in total. The van der Waals surface area contributed by atoms with Crippen molar-refractivity contribution in [3.63, 3.8) is 0 Å². The predicted molar refractivity (Wildman–Crippen MR) is 98.5 cm³/mol. The van der Waals surface area contributed by atoms with E-state index in [9.17, 15) is 10.1 Å². The molecule has 0 bridgehead atoms. The summed E-state index contributed by atoms with van der Waals surface area (Å²) in [5.41, 5.74) is 3.94. The Morgan fingerprint density at radius 2 is 1.96 bits per heavy atom. The number of halogens is 2. The zero-order chi connectivity index (χ0) is 17.8. The summed E-state index contributed by atoms with van der Waals surface area (Å²) in [7, 11) is 0. The van der Waals surface area contributed by atoms with E-state index < -0.39 is 4.92 Å². The number of non-ortho nitro benzene ring substituents is 1. The van der Waals surface area contributed by atoms with Crippen molar-refractivity contribution >= 4 is 40.8 Å². The van der Waals surface area contributed by atoms with Crippen molar-refractivity contribution in [2.45, 2.75) is 0 Å². The lowest BCUT2D eigenvalue weighted by Crippen LogP contribution is -1.89. The SMILES string of the molecule is O=[N+]([O-])c1ccc(Cl)c(-c2ccc(/C=N\Nc3cccc(Cl)c3)o2)c1. The number of nitrogens with zero attached hydrogens (tertiary/aromatic N) is 2. The molecule has 0 spiro atoms. The first-order valence-electron chi connectivity index (χ1n) is 7.12. The van der Waals surface area contributed by atoms with Crippen LogP contribution in [0.2, 0.25) is 10.0 Å². The predicted octanol–water partition coefficient (Wildman–Crippen LogP) is 5.61. The molecule has 3 aromatic rings. The van der Waals surface area contributed by atoms with E-state index in [1.165, 1.54) is 24.4 Å². The third-order valence-electron chi connectivity index (χ3n) is 3.26. The number of hydrogen-bond donors (Lipinski definition) is 1. The third-order valence-corrected chi connectivity index (χ3v) is 3.83. The molecule has 1 heterocycles. The molecule has 0 aliphatic heterocycles. The van der Waals surface area contributed by atoms with E-state index in [2.05, 4.69) is 10.5 Å². The Balaban J connectivity index is 1.77. The average Bonchev–Trinajstić information content (AvgIpc) is 3.04. The maximum Gasteiger partial charge on any atom is 0.270 e. The Morgan fingerprint density at radius 3 is 2.72 bits per heavy atom. The van der Waals surface area contributed by atoms with Crippen molar-refractivity contribution < 1.29 is 9.34 Å². The number of hydrogen-bond acceptors (Lipinski definition) is 5. The molecule has 6 nitrogen and oxygen atoms in total. The fourth-order valence-electron chi connectivity index (χ4n) is 2.11. The second kappa shape index (κ2) is 7.38. The smallest absolute Gasteiger partial charge is 0.270 e. The third kappa shape index (κ3) is 4.17. The monoisotopic (exact) mass is 375 g/mol. The Morgan fingerprint density at radius 1 is 1.12 bits per heavy atom. The van der Waals surface area contributed by atoms with Crippen LogP contribution in [0.15, 0.2) is 64.1 Å². The van der Waals surface area contributed by atoms with E-state index in [0.717, 1.165) is 5.69 Å². The lowest BCUT2D eigenvalue weighted by Gasteiger charge is -2.01. The number of hydrazone groups is 1. The molecule has 0 saturated heterocycles. The van der Waals surface area contributed by atoms with Gasteiger partial charge >= 0.3 is 0 Å². The first kappa shape index (κ1) is 17.0. The molecule has 25 heavy (non-hydrogen) atoms. The van der Waals surface area contributed by atoms with Crippen molar-refractivity contribution in [2.75, 3.05) is 5.43 Å².